The Hall–Kier alpha value is -3.02. The fourth-order valence-electron chi connectivity index (χ4n) is 3.05. The third kappa shape index (κ3) is 6.00. The molecule has 0 amide bonds. The van der Waals surface area contributed by atoms with Gasteiger partial charge in [0.05, 0.1) is 29.4 Å². The van der Waals surface area contributed by atoms with Gasteiger partial charge >= 0.3 is 0 Å². The number of allylic oxidation sites excluding steroid dienone is 2. The molecule has 0 spiro atoms. The van der Waals surface area contributed by atoms with Gasteiger partial charge in [-0.3, -0.25) is 4.98 Å². The molecule has 164 valence electrons. The topological polar surface area (TPSA) is 72.2 Å². The van der Waals surface area contributed by atoms with Crippen LogP contribution in [-0.2, 0) is 4.74 Å². The van der Waals surface area contributed by atoms with Crippen LogP contribution in [0.1, 0.15) is 37.1 Å². The van der Waals surface area contributed by atoms with Crippen molar-refractivity contribution in [3.05, 3.63) is 94.7 Å². The van der Waals surface area contributed by atoms with Gasteiger partial charge in [0.1, 0.15) is 0 Å². The Morgan fingerprint density at radius 2 is 1.97 bits per heavy atom. The van der Waals surface area contributed by atoms with Gasteiger partial charge in [-0.25, -0.2) is 0 Å². The zero-order valence-electron chi connectivity index (χ0n) is 18.7. The minimum Gasteiger partial charge on any atom is -0.396 e. The van der Waals surface area contributed by atoms with E-state index in [9.17, 15) is 0 Å². The summed E-state index contributed by atoms with van der Waals surface area (Å²) in [6.45, 7) is 12.9. The van der Waals surface area contributed by atoms with E-state index >= 15 is 0 Å². The first kappa shape index (κ1) is 24.3. The second-order valence-electron chi connectivity index (χ2n) is 7.02. The second-order valence-corrected chi connectivity index (χ2v) is 7.43. The van der Waals surface area contributed by atoms with E-state index in [2.05, 4.69) is 23.8 Å². The van der Waals surface area contributed by atoms with Crippen LogP contribution in [0, 0.1) is 0 Å². The first-order chi connectivity index (χ1) is 14.8. The Morgan fingerprint density at radius 1 is 1.26 bits per heavy atom. The number of hydrogen-bond donors (Lipinski definition) is 3. The van der Waals surface area contributed by atoms with Crippen molar-refractivity contribution in [3.63, 3.8) is 0 Å². The number of hydrogen-bond acceptors (Lipinski definition) is 5. The fourth-order valence-corrected chi connectivity index (χ4v) is 3.30. The van der Waals surface area contributed by atoms with Crippen LogP contribution in [0.25, 0.3) is 11.1 Å². The quantitative estimate of drug-likeness (QED) is 0.423. The average molecular weight is 439 g/mol. The van der Waals surface area contributed by atoms with Gasteiger partial charge in [0.2, 0.25) is 0 Å². The van der Waals surface area contributed by atoms with E-state index in [-0.39, 0.29) is 0 Å². The summed E-state index contributed by atoms with van der Waals surface area (Å²) in [6.07, 6.45) is 4.60. The molecule has 0 aliphatic carbocycles. The van der Waals surface area contributed by atoms with Crippen LogP contribution in [0.3, 0.4) is 0 Å². The number of rotatable bonds is 10. The van der Waals surface area contributed by atoms with Gasteiger partial charge < -0.3 is 21.1 Å². The molecule has 0 aliphatic heterocycles. The molecule has 0 unspecified atom stereocenters. The molecule has 1 aromatic carbocycles. The molecular weight excluding hydrogens is 408 g/mol. The van der Waals surface area contributed by atoms with Crippen LogP contribution in [-0.4, -0.2) is 25.7 Å². The number of methoxy groups -OCH3 is 1. The van der Waals surface area contributed by atoms with Crippen molar-refractivity contribution in [2.45, 2.75) is 20.3 Å². The van der Waals surface area contributed by atoms with Gasteiger partial charge in [-0.2, -0.15) is 0 Å². The molecule has 0 fully saturated rings. The summed E-state index contributed by atoms with van der Waals surface area (Å²) < 4.78 is 5.24. The predicted octanol–water partition coefficient (Wildman–Crippen LogP) is 5.57. The predicted molar refractivity (Wildman–Crippen MR) is 133 cm³/mol. The van der Waals surface area contributed by atoms with E-state index in [0.29, 0.717) is 23.0 Å². The highest BCUT2D eigenvalue weighted by Crippen LogP contribution is 2.34. The zero-order valence-corrected chi connectivity index (χ0v) is 19.4. The van der Waals surface area contributed by atoms with Crippen molar-refractivity contribution >= 4 is 28.4 Å². The highest BCUT2D eigenvalue weighted by Gasteiger charge is 2.15. The molecule has 2 aromatic rings. The Bertz CT molecular complexity index is 1020. The van der Waals surface area contributed by atoms with Crippen molar-refractivity contribution < 1.29 is 4.74 Å². The summed E-state index contributed by atoms with van der Waals surface area (Å²) in [6, 6.07) is 9.58. The largest absolute Gasteiger partial charge is 0.396 e. The number of anilines is 1. The Labute approximate surface area is 190 Å². The van der Waals surface area contributed by atoms with Crippen LogP contribution in [0.4, 0.5) is 5.69 Å². The average Bonchev–Trinajstić information content (AvgIpc) is 2.78. The van der Waals surface area contributed by atoms with Crippen molar-refractivity contribution in [1.82, 2.24) is 10.3 Å². The number of nitrogens with one attached hydrogen (secondary N) is 2. The van der Waals surface area contributed by atoms with Gasteiger partial charge in [-0.15, -0.1) is 0 Å². The summed E-state index contributed by atoms with van der Waals surface area (Å²) in [5, 5.41) is 7.02. The van der Waals surface area contributed by atoms with E-state index in [4.69, 9.17) is 27.1 Å². The summed E-state index contributed by atoms with van der Waals surface area (Å²) >= 11 is 6.42. The summed E-state index contributed by atoms with van der Waals surface area (Å²) in [5.41, 5.74) is 13.3. The van der Waals surface area contributed by atoms with Crippen LogP contribution in [0.5, 0.6) is 0 Å². The lowest BCUT2D eigenvalue weighted by molar-refractivity contribution is 0.206. The molecule has 2 rings (SSSR count). The van der Waals surface area contributed by atoms with Crippen LogP contribution < -0.4 is 16.4 Å². The second kappa shape index (κ2) is 11.4. The van der Waals surface area contributed by atoms with E-state index < -0.39 is 0 Å². The number of aromatic nitrogens is 1. The molecule has 0 atom stereocenters. The maximum Gasteiger partial charge on any atom is 0.0736 e. The molecule has 6 heteroatoms. The van der Waals surface area contributed by atoms with Crippen molar-refractivity contribution in [1.29, 1.82) is 0 Å². The third-order valence-corrected chi connectivity index (χ3v) is 5.40. The maximum absolute atomic E-state index is 6.42. The molecule has 0 bridgehead atoms. The first-order valence-corrected chi connectivity index (χ1v) is 10.4. The molecule has 0 saturated carbocycles. The molecule has 4 N–H and O–H groups in total. The molecular formula is C25H31ClN4O. The number of ether oxygens (including phenoxy) is 1. The number of nitrogens with two attached hydrogens (primary N) is 1. The van der Waals surface area contributed by atoms with Gasteiger partial charge in [0, 0.05) is 42.2 Å². The Morgan fingerprint density at radius 3 is 2.58 bits per heavy atom. The van der Waals surface area contributed by atoms with E-state index in [1.54, 1.807) is 13.3 Å². The van der Waals surface area contributed by atoms with Crippen molar-refractivity contribution in [2.75, 3.05) is 26.1 Å². The Balaban J connectivity index is 2.55. The lowest BCUT2D eigenvalue weighted by Gasteiger charge is -2.19. The smallest absolute Gasteiger partial charge is 0.0736 e. The molecule has 31 heavy (non-hydrogen) atoms. The summed E-state index contributed by atoms with van der Waals surface area (Å²) in [7, 11) is 3.51. The van der Waals surface area contributed by atoms with Crippen molar-refractivity contribution in [3.8, 4) is 0 Å². The Kier molecular flexibility index (Phi) is 8.91. The summed E-state index contributed by atoms with van der Waals surface area (Å²) in [5.74, 6) is 0. The minimum absolute atomic E-state index is 0.542. The van der Waals surface area contributed by atoms with Crippen LogP contribution >= 0.6 is 11.6 Å². The minimum atomic E-state index is 0.542. The zero-order chi connectivity index (χ0) is 23.0. The normalized spacial score (nSPS) is 12.2. The SMILES string of the molecule is C=C(Nc1cc(/C(=C/C)CCOC)ncc1C(=C)c1ccccc1Cl)/C(N)=C(/C)NC. The maximum atomic E-state index is 6.42. The molecule has 1 aromatic heterocycles. The van der Waals surface area contributed by atoms with E-state index in [1.165, 1.54) is 0 Å². The lowest BCUT2D eigenvalue weighted by Crippen LogP contribution is -2.17. The van der Waals surface area contributed by atoms with Gasteiger partial charge in [-0.05, 0) is 43.5 Å². The molecule has 0 radical (unpaired) electrons. The van der Waals surface area contributed by atoms with Gasteiger partial charge in [-0.1, -0.05) is 49.0 Å². The van der Waals surface area contributed by atoms with Crippen molar-refractivity contribution in [2.24, 2.45) is 5.73 Å². The monoisotopic (exact) mass is 438 g/mol. The van der Waals surface area contributed by atoms with E-state index in [0.717, 1.165) is 45.8 Å². The lowest BCUT2D eigenvalue weighted by atomic mass is 9.97. The highest BCUT2D eigenvalue weighted by molar-refractivity contribution is 6.32. The van der Waals surface area contributed by atoms with E-state index in [1.807, 2.05) is 57.3 Å². The summed E-state index contributed by atoms with van der Waals surface area (Å²) in [4.78, 5) is 4.69. The number of pyridine rings is 1. The first-order valence-electron chi connectivity index (χ1n) is 10.0. The molecule has 5 nitrogen and oxygen atoms in total. The third-order valence-electron chi connectivity index (χ3n) is 5.07. The fraction of sp³-hybridized carbons (Fsp3) is 0.240. The van der Waals surface area contributed by atoms with Crippen LogP contribution in [0.15, 0.2) is 72.9 Å². The van der Waals surface area contributed by atoms with Gasteiger partial charge in [0.25, 0.3) is 0 Å². The number of halogens is 1. The van der Waals surface area contributed by atoms with Crippen LogP contribution in [0.2, 0.25) is 5.02 Å². The number of nitrogens with zero attached hydrogens (tertiary/aromatic N) is 1. The standard InChI is InChI=1S/C25H31ClN4O/c1-7-19(12-13-31-6)23-14-24(30-18(4)25(27)17(3)28-5)21(15-29-23)16(2)20-10-8-9-11-22(20)26/h7-11,14-15,28H,2,4,12-13,27H2,1,3,5-6H3,(H,29,30)/b19-7+,25-17+. The molecule has 1 heterocycles. The highest BCUT2D eigenvalue weighted by atomic mass is 35.5. The molecule has 0 aliphatic rings. The van der Waals surface area contributed by atoms with Gasteiger partial charge in [0.15, 0.2) is 0 Å². The number of benzene rings is 1. The molecule has 0 saturated heterocycles.